The van der Waals surface area contributed by atoms with Gasteiger partial charge in [-0.3, -0.25) is 9.59 Å². The van der Waals surface area contributed by atoms with Crippen molar-refractivity contribution in [3.05, 3.63) is 47.0 Å². The van der Waals surface area contributed by atoms with Gasteiger partial charge in [-0.15, -0.1) is 0 Å². The zero-order valence-electron chi connectivity index (χ0n) is 11.1. The number of carbonyl (C=O) groups is 2. The molecular weight excluding hydrogens is 276 g/mol. The number of carboxylic acids is 1. The van der Waals surface area contributed by atoms with Crippen molar-refractivity contribution >= 4 is 34.1 Å². The standard InChI is InChI=1S/C16H15ClO3/c1-10(9-16(19)20)8-15(18)13-6-7-14(17)12-5-3-2-4-11(12)13/h2-7,10H,8-9H2,1H3,(H,19,20). The van der Waals surface area contributed by atoms with E-state index in [-0.39, 0.29) is 24.5 Å². The van der Waals surface area contributed by atoms with Gasteiger partial charge in [-0.2, -0.15) is 0 Å². The number of fused-ring (bicyclic) bond motifs is 1. The highest BCUT2D eigenvalue weighted by molar-refractivity contribution is 6.36. The summed E-state index contributed by atoms with van der Waals surface area (Å²) in [5.41, 5.74) is 0.599. The summed E-state index contributed by atoms with van der Waals surface area (Å²) in [4.78, 5) is 23.0. The van der Waals surface area contributed by atoms with E-state index in [4.69, 9.17) is 16.7 Å². The minimum Gasteiger partial charge on any atom is -0.481 e. The summed E-state index contributed by atoms with van der Waals surface area (Å²) in [6, 6.07) is 10.9. The number of Topliss-reactive ketones (excluding diaryl/α,β-unsaturated/α-hetero) is 1. The molecule has 0 saturated heterocycles. The zero-order valence-corrected chi connectivity index (χ0v) is 11.9. The zero-order chi connectivity index (χ0) is 14.7. The first kappa shape index (κ1) is 14.5. The van der Waals surface area contributed by atoms with Crippen LogP contribution < -0.4 is 0 Å². The Bertz CT molecular complexity index is 664. The molecular formula is C16H15ClO3. The maximum Gasteiger partial charge on any atom is 0.303 e. The molecule has 0 heterocycles. The van der Waals surface area contributed by atoms with E-state index in [2.05, 4.69) is 0 Å². The van der Waals surface area contributed by atoms with Crippen LogP contribution in [0, 0.1) is 5.92 Å². The van der Waals surface area contributed by atoms with Crippen molar-refractivity contribution < 1.29 is 14.7 Å². The predicted octanol–water partition coefficient (Wildman–Crippen LogP) is 4.18. The highest BCUT2D eigenvalue weighted by Gasteiger charge is 2.16. The van der Waals surface area contributed by atoms with E-state index in [1.165, 1.54) is 0 Å². The Morgan fingerprint density at radius 1 is 1.10 bits per heavy atom. The third-order valence-electron chi connectivity index (χ3n) is 3.23. The van der Waals surface area contributed by atoms with E-state index in [9.17, 15) is 9.59 Å². The number of aliphatic carboxylic acids is 1. The van der Waals surface area contributed by atoms with Crippen molar-refractivity contribution in [1.82, 2.24) is 0 Å². The van der Waals surface area contributed by atoms with Crippen molar-refractivity contribution in [3.63, 3.8) is 0 Å². The molecule has 0 aromatic heterocycles. The Kier molecular flexibility index (Phi) is 4.40. The summed E-state index contributed by atoms with van der Waals surface area (Å²) in [5, 5.41) is 11.0. The van der Waals surface area contributed by atoms with Gasteiger partial charge in [-0.05, 0) is 23.4 Å². The second kappa shape index (κ2) is 6.06. The maximum absolute atomic E-state index is 12.3. The molecule has 2 aromatic carbocycles. The fraction of sp³-hybridized carbons (Fsp3) is 0.250. The lowest BCUT2D eigenvalue weighted by atomic mass is 9.94. The smallest absolute Gasteiger partial charge is 0.303 e. The second-order valence-electron chi connectivity index (χ2n) is 4.97. The molecule has 0 amide bonds. The van der Waals surface area contributed by atoms with Crippen molar-refractivity contribution in [3.8, 4) is 0 Å². The van der Waals surface area contributed by atoms with Crippen molar-refractivity contribution in [2.45, 2.75) is 19.8 Å². The number of ketones is 1. The number of rotatable bonds is 5. The molecule has 0 aliphatic rings. The van der Waals surface area contributed by atoms with E-state index >= 15 is 0 Å². The Morgan fingerprint density at radius 3 is 2.40 bits per heavy atom. The van der Waals surface area contributed by atoms with Crippen LogP contribution in [0.3, 0.4) is 0 Å². The molecule has 104 valence electrons. The van der Waals surface area contributed by atoms with E-state index in [1.807, 2.05) is 24.3 Å². The lowest BCUT2D eigenvalue weighted by molar-refractivity contribution is -0.137. The Hall–Kier alpha value is -1.87. The Labute approximate surface area is 122 Å². The Balaban J connectivity index is 2.31. The summed E-state index contributed by atoms with van der Waals surface area (Å²) in [6.45, 7) is 1.77. The molecule has 1 unspecified atom stereocenters. The van der Waals surface area contributed by atoms with Gasteiger partial charge in [0.2, 0.25) is 0 Å². The van der Waals surface area contributed by atoms with E-state index in [1.54, 1.807) is 19.1 Å². The van der Waals surface area contributed by atoms with Crippen LogP contribution in [0.1, 0.15) is 30.1 Å². The van der Waals surface area contributed by atoms with Gasteiger partial charge < -0.3 is 5.11 Å². The molecule has 0 fully saturated rings. The lowest BCUT2D eigenvalue weighted by Crippen LogP contribution is -2.10. The molecule has 0 spiro atoms. The molecule has 2 rings (SSSR count). The summed E-state index contributed by atoms with van der Waals surface area (Å²) < 4.78 is 0. The Morgan fingerprint density at radius 2 is 1.75 bits per heavy atom. The molecule has 3 nitrogen and oxygen atoms in total. The van der Waals surface area contributed by atoms with Crippen molar-refractivity contribution in [1.29, 1.82) is 0 Å². The summed E-state index contributed by atoms with van der Waals surface area (Å²) >= 11 is 6.12. The lowest BCUT2D eigenvalue weighted by Gasteiger charge is -2.10. The number of hydrogen-bond donors (Lipinski definition) is 1. The normalized spacial score (nSPS) is 12.3. The molecule has 4 heteroatoms. The minimum absolute atomic E-state index is 0.00272. The molecule has 1 N–H and O–H groups in total. The molecule has 0 aliphatic carbocycles. The van der Waals surface area contributed by atoms with Gasteiger partial charge >= 0.3 is 5.97 Å². The average molecular weight is 291 g/mol. The summed E-state index contributed by atoms with van der Waals surface area (Å²) in [7, 11) is 0. The van der Waals surface area contributed by atoms with Crippen molar-refractivity contribution in [2.75, 3.05) is 0 Å². The fourth-order valence-electron chi connectivity index (χ4n) is 2.30. The van der Waals surface area contributed by atoms with Crippen LogP contribution in [-0.2, 0) is 4.79 Å². The van der Waals surface area contributed by atoms with Crippen LogP contribution in [-0.4, -0.2) is 16.9 Å². The second-order valence-corrected chi connectivity index (χ2v) is 5.38. The first-order valence-corrected chi connectivity index (χ1v) is 6.79. The third-order valence-corrected chi connectivity index (χ3v) is 3.56. The number of carboxylic acid groups (broad SMARTS) is 1. The van der Waals surface area contributed by atoms with Gasteiger partial charge in [0.1, 0.15) is 0 Å². The van der Waals surface area contributed by atoms with Gasteiger partial charge in [0.05, 0.1) is 0 Å². The van der Waals surface area contributed by atoms with E-state index < -0.39 is 5.97 Å². The first-order valence-electron chi connectivity index (χ1n) is 6.41. The van der Waals surface area contributed by atoms with Gasteiger partial charge in [-0.1, -0.05) is 42.8 Å². The quantitative estimate of drug-likeness (QED) is 0.841. The molecule has 2 aromatic rings. The molecule has 20 heavy (non-hydrogen) atoms. The number of carbonyl (C=O) groups excluding carboxylic acids is 1. The van der Waals surface area contributed by atoms with Crippen LogP contribution in [0.15, 0.2) is 36.4 Å². The predicted molar refractivity (Wildman–Crippen MR) is 79.3 cm³/mol. The molecule has 1 atom stereocenters. The molecule has 0 aliphatic heterocycles. The van der Waals surface area contributed by atoms with Crippen LogP contribution in [0.25, 0.3) is 10.8 Å². The van der Waals surface area contributed by atoms with Gasteiger partial charge in [0.25, 0.3) is 0 Å². The van der Waals surface area contributed by atoms with Gasteiger partial charge in [0, 0.05) is 28.8 Å². The monoisotopic (exact) mass is 290 g/mol. The number of halogens is 1. The van der Waals surface area contributed by atoms with Crippen molar-refractivity contribution in [2.24, 2.45) is 5.92 Å². The largest absolute Gasteiger partial charge is 0.481 e. The topological polar surface area (TPSA) is 54.4 Å². The van der Waals surface area contributed by atoms with Gasteiger partial charge in [0.15, 0.2) is 5.78 Å². The molecule has 0 radical (unpaired) electrons. The summed E-state index contributed by atoms with van der Waals surface area (Å²) in [5.74, 6) is -1.12. The fourth-order valence-corrected chi connectivity index (χ4v) is 2.53. The van der Waals surface area contributed by atoms with Gasteiger partial charge in [-0.25, -0.2) is 0 Å². The maximum atomic E-state index is 12.3. The number of hydrogen-bond acceptors (Lipinski definition) is 2. The number of benzene rings is 2. The van der Waals surface area contributed by atoms with E-state index in [0.717, 1.165) is 10.8 Å². The highest BCUT2D eigenvalue weighted by atomic mass is 35.5. The first-order chi connectivity index (χ1) is 9.49. The summed E-state index contributed by atoms with van der Waals surface area (Å²) in [6.07, 6.45) is 0.217. The van der Waals surface area contributed by atoms with Crippen LogP contribution in [0.4, 0.5) is 0 Å². The average Bonchev–Trinajstić information content (AvgIpc) is 2.38. The van der Waals surface area contributed by atoms with Crippen LogP contribution >= 0.6 is 11.6 Å². The van der Waals surface area contributed by atoms with E-state index in [0.29, 0.717) is 10.6 Å². The molecule has 0 bridgehead atoms. The SMILES string of the molecule is CC(CC(=O)O)CC(=O)c1ccc(Cl)c2ccccc12. The van der Waals surface area contributed by atoms with Crippen LogP contribution in [0.2, 0.25) is 5.02 Å². The minimum atomic E-state index is -0.883. The molecule has 0 saturated carbocycles. The van der Waals surface area contributed by atoms with Crippen LogP contribution in [0.5, 0.6) is 0 Å². The third kappa shape index (κ3) is 3.17. The highest BCUT2D eigenvalue weighted by Crippen LogP contribution is 2.28.